The number of hydrogen-bond donors (Lipinski definition) is 1. The Morgan fingerprint density at radius 1 is 1.21 bits per heavy atom. The smallest absolute Gasteiger partial charge is 0.416 e. The average Bonchev–Trinajstić information content (AvgIpc) is 2.91. The van der Waals surface area contributed by atoms with Crippen molar-refractivity contribution in [2.45, 2.75) is 44.5 Å². The number of aromatic nitrogens is 1. The first-order valence-electron chi connectivity index (χ1n) is 12.8. The Morgan fingerprint density at radius 3 is 2.76 bits per heavy atom. The van der Waals surface area contributed by atoms with Gasteiger partial charge in [-0.05, 0) is 92.6 Å². The molecule has 1 unspecified atom stereocenters. The summed E-state index contributed by atoms with van der Waals surface area (Å²) in [6.07, 6.45) is -1.65. The molecular weight excluding hydrogens is 500 g/mol. The Bertz CT molecular complexity index is 1250. The van der Waals surface area contributed by atoms with Crippen LogP contribution in [0.1, 0.15) is 48.5 Å². The van der Waals surface area contributed by atoms with Gasteiger partial charge in [-0.3, -0.25) is 9.78 Å². The predicted octanol–water partition coefficient (Wildman–Crippen LogP) is 6.71. The topological polar surface area (TPSA) is 62.7 Å². The first kappa shape index (κ1) is 27.8. The minimum atomic E-state index is -4.37. The predicted molar refractivity (Wildman–Crippen MR) is 137 cm³/mol. The molecule has 204 valence electrons. The highest BCUT2D eigenvalue weighted by atomic mass is 19.4. The number of methoxy groups -OCH3 is 1. The Labute approximate surface area is 219 Å². The van der Waals surface area contributed by atoms with E-state index in [0.717, 1.165) is 6.07 Å². The standard InChI is InChI=1S/C29H32F4N2O3/c1-38-22-8-10-27-24(17-22)23(11-13-34-27)26(30)9-7-20-12-15-35(18-25(20)28(36)37)14-3-5-19-4-2-6-21(16-19)29(31,32)33/h2,4,6,8,10-11,13,16-17,20,25-26H,3,5,7,9,12,14-15,18H2,1H3,(H,36,37)/t20-,25+,26?/m1/s1. The maximum Gasteiger partial charge on any atom is 0.416 e. The summed E-state index contributed by atoms with van der Waals surface area (Å²) < 4.78 is 59.5. The van der Waals surface area contributed by atoms with E-state index < -0.39 is 29.8 Å². The van der Waals surface area contributed by atoms with Gasteiger partial charge in [0.15, 0.2) is 0 Å². The summed E-state index contributed by atoms with van der Waals surface area (Å²) in [4.78, 5) is 18.4. The fraction of sp³-hybridized carbons (Fsp3) is 0.448. The normalized spacial score (nSPS) is 19.4. The number of aryl methyl sites for hydroxylation is 1. The minimum Gasteiger partial charge on any atom is -0.497 e. The van der Waals surface area contributed by atoms with Gasteiger partial charge in [-0.1, -0.05) is 18.2 Å². The van der Waals surface area contributed by atoms with E-state index in [9.17, 15) is 23.1 Å². The lowest BCUT2D eigenvalue weighted by molar-refractivity contribution is -0.146. The van der Waals surface area contributed by atoms with Crippen LogP contribution in [0.25, 0.3) is 10.9 Å². The summed E-state index contributed by atoms with van der Waals surface area (Å²) >= 11 is 0. The number of piperidine rings is 1. The monoisotopic (exact) mass is 532 g/mol. The van der Waals surface area contributed by atoms with Gasteiger partial charge in [0.1, 0.15) is 11.9 Å². The molecule has 0 bridgehead atoms. The Balaban J connectivity index is 1.32. The van der Waals surface area contributed by atoms with E-state index in [4.69, 9.17) is 4.74 Å². The van der Waals surface area contributed by atoms with E-state index in [1.807, 2.05) is 0 Å². The van der Waals surface area contributed by atoms with Crippen molar-refractivity contribution in [1.82, 2.24) is 9.88 Å². The van der Waals surface area contributed by atoms with E-state index >= 15 is 4.39 Å². The van der Waals surface area contributed by atoms with Crippen molar-refractivity contribution in [2.24, 2.45) is 11.8 Å². The van der Waals surface area contributed by atoms with Gasteiger partial charge in [-0.25, -0.2) is 4.39 Å². The van der Waals surface area contributed by atoms with Crippen molar-refractivity contribution in [3.8, 4) is 5.75 Å². The quantitative estimate of drug-likeness (QED) is 0.294. The molecule has 1 aliphatic rings. The number of carboxylic acids is 1. The van der Waals surface area contributed by atoms with Crippen LogP contribution in [-0.4, -0.2) is 47.7 Å². The van der Waals surface area contributed by atoms with Crippen LogP contribution in [0.3, 0.4) is 0 Å². The number of halogens is 4. The van der Waals surface area contributed by atoms with Gasteiger partial charge in [0.25, 0.3) is 0 Å². The molecule has 5 nitrogen and oxygen atoms in total. The third-order valence-corrected chi connectivity index (χ3v) is 7.46. The number of fused-ring (bicyclic) bond motifs is 1. The summed E-state index contributed by atoms with van der Waals surface area (Å²) in [5, 5.41) is 10.6. The molecule has 3 aromatic rings. The molecule has 1 saturated heterocycles. The zero-order valence-corrected chi connectivity index (χ0v) is 21.3. The summed E-state index contributed by atoms with van der Waals surface area (Å²) in [5.41, 5.74) is 1.15. The maximum absolute atomic E-state index is 15.4. The fourth-order valence-electron chi connectivity index (χ4n) is 5.37. The lowest BCUT2D eigenvalue weighted by Crippen LogP contribution is -2.44. The molecule has 1 fully saturated rings. The molecule has 4 rings (SSSR count). The molecule has 2 aromatic carbocycles. The van der Waals surface area contributed by atoms with Crippen molar-refractivity contribution >= 4 is 16.9 Å². The lowest BCUT2D eigenvalue weighted by atomic mass is 9.81. The first-order valence-corrected chi connectivity index (χ1v) is 12.8. The number of ether oxygens (including phenoxy) is 1. The van der Waals surface area contributed by atoms with Gasteiger partial charge < -0.3 is 14.7 Å². The Kier molecular flexibility index (Phi) is 8.87. The van der Waals surface area contributed by atoms with Gasteiger partial charge >= 0.3 is 12.1 Å². The van der Waals surface area contributed by atoms with Crippen molar-refractivity contribution in [3.05, 3.63) is 71.4 Å². The van der Waals surface area contributed by atoms with Gasteiger partial charge in [-0.2, -0.15) is 13.2 Å². The molecule has 0 aliphatic carbocycles. The second-order valence-electron chi connectivity index (χ2n) is 9.92. The number of nitrogens with zero attached hydrogens (tertiary/aromatic N) is 2. The second kappa shape index (κ2) is 12.1. The molecule has 0 amide bonds. The summed E-state index contributed by atoms with van der Waals surface area (Å²) in [6, 6.07) is 12.3. The number of alkyl halides is 4. The molecule has 38 heavy (non-hydrogen) atoms. The molecule has 9 heteroatoms. The zero-order valence-electron chi connectivity index (χ0n) is 21.3. The van der Waals surface area contributed by atoms with Crippen molar-refractivity contribution in [3.63, 3.8) is 0 Å². The number of rotatable bonds is 10. The molecule has 0 spiro atoms. The van der Waals surface area contributed by atoms with Crippen LogP contribution < -0.4 is 4.74 Å². The number of hydrogen-bond acceptors (Lipinski definition) is 4. The molecule has 0 radical (unpaired) electrons. The maximum atomic E-state index is 15.4. The number of carbonyl (C=O) groups is 1. The van der Waals surface area contributed by atoms with E-state index in [1.54, 1.807) is 43.6 Å². The van der Waals surface area contributed by atoms with Crippen LogP contribution in [0.5, 0.6) is 5.75 Å². The highest BCUT2D eigenvalue weighted by molar-refractivity contribution is 5.83. The molecule has 0 saturated carbocycles. The third kappa shape index (κ3) is 6.81. The number of carboxylic acid groups (broad SMARTS) is 1. The fourth-order valence-corrected chi connectivity index (χ4v) is 5.37. The van der Waals surface area contributed by atoms with Gasteiger partial charge in [-0.15, -0.1) is 0 Å². The van der Waals surface area contributed by atoms with Crippen LogP contribution >= 0.6 is 0 Å². The average molecular weight is 533 g/mol. The molecule has 1 aliphatic heterocycles. The summed E-state index contributed by atoms with van der Waals surface area (Å²) in [5.74, 6) is -1.04. The van der Waals surface area contributed by atoms with Gasteiger partial charge in [0.2, 0.25) is 0 Å². The highest BCUT2D eigenvalue weighted by Crippen LogP contribution is 2.35. The number of likely N-dealkylation sites (tertiary alicyclic amines) is 1. The second-order valence-corrected chi connectivity index (χ2v) is 9.92. The van der Waals surface area contributed by atoms with Gasteiger partial charge in [0, 0.05) is 18.1 Å². The SMILES string of the molecule is COc1ccc2nccc(C(F)CC[C@@H]3CCN(CCCc4cccc(C(F)(F)F)c4)C[C@@H]3C(=O)O)c2c1. The van der Waals surface area contributed by atoms with E-state index in [2.05, 4.69) is 9.88 Å². The number of pyridine rings is 1. The van der Waals surface area contributed by atoms with E-state index in [0.29, 0.717) is 73.1 Å². The van der Waals surface area contributed by atoms with Crippen molar-refractivity contribution in [1.29, 1.82) is 0 Å². The van der Waals surface area contributed by atoms with Crippen LogP contribution in [0.2, 0.25) is 0 Å². The molecule has 1 N–H and O–H groups in total. The third-order valence-electron chi connectivity index (χ3n) is 7.46. The van der Waals surface area contributed by atoms with Crippen LogP contribution in [0.4, 0.5) is 17.6 Å². The van der Waals surface area contributed by atoms with Crippen LogP contribution in [-0.2, 0) is 17.4 Å². The first-order chi connectivity index (χ1) is 18.2. The van der Waals surface area contributed by atoms with Crippen molar-refractivity contribution in [2.75, 3.05) is 26.7 Å². The number of benzene rings is 2. The highest BCUT2D eigenvalue weighted by Gasteiger charge is 2.34. The Morgan fingerprint density at radius 2 is 2.03 bits per heavy atom. The summed E-state index contributed by atoms with van der Waals surface area (Å²) in [7, 11) is 1.55. The largest absolute Gasteiger partial charge is 0.497 e. The van der Waals surface area contributed by atoms with E-state index in [1.165, 1.54) is 12.1 Å². The lowest BCUT2D eigenvalue weighted by Gasteiger charge is -2.37. The molecule has 3 atom stereocenters. The zero-order chi connectivity index (χ0) is 27.3. The molecule has 1 aromatic heterocycles. The molecule has 2 heterocycles. The summed E-state index contributed by atoms with van der Waals surface area (Å²) in [6.45, 7) is 1.64. The molecular formula is C29H32F4N2O3. The minimum absolute atomic E-state index is 0.145. The van der Waals surface area contributed by atoms with E-state index in [-0.39, 0.29) is 12.3 Å². The van der Waals surface area contributed by atoms with Crippen LogP contribution in [0, 0.1) is 11.8 Å². The van der Waals surface area contributed by atoms with Crippen molar-refractivity contribution < 1.29 is 32.2 Å². The van der Waals surface area contributed by atoms with Gasteiger partial charge in [0.05, 0.1) is 24.1 Å². The Hall–Kier alpha value is -3.20. The van der Waals surface area contributed by atoms with Crippen LogP contribution in [0.15, 0.2) is 54.7 Å². The number of aliphatic carboxylic acids is 1.